The number of aromatic nitrogens is 5. The van der Waals surface area contributed by atoms with E-state index in [-0.39, 0.29) is 11.6 Å². The molecule has 1 amide bonds. The number of rotatable bonds is 6. The minimum atomic E-state index is -0.298. The number of likely N-dealkylation sites (N-methyl/N-ethyl adjacent to an activating group) is 1. The Balaban J connectivity index is 1.27. The lowest BCUT2D eigenvalue weighted by Gasteiger charge is -2.32. The first-order valence-electron chi connectivity index (χ1n) is 11.0. The minimum Gasteiger partial charge on any atom is -0.346 e. The minimum absolute atomic E-state index is 0.274. The number of nitrogens with one attached hydrogen (secondary N) is 4. The van der Waals surface area contributed by atoms with Crippen LogP contribution in [0.3, 0.4) is 0 Å². The molecule has 0 bridgehead atoms. The summed E-state index contributed by atoms with van der Waals surface area (Å²) in [6, 6.07) is 9.88. The molecule has 0 aliphatic carbocycles. The van der Waals surface area contributed by atoms with Gasteiger partial charge in [0.05, 0.1) is 16.8 Å². The second kappa shape index (κ2) is 9.00. The average molecular weight is 446 g/mol. The first-order chi connectivity index (χ1) is 16.1. The zero-order valence-corrected chi connectivity index (χ0v) is 18.7. The Morgan fingerprint density at radius 3 is 2.67 bits per heavy atom. The van der Waals surface area contributed by atoms with Crippen LogP contribution in [0.25, 0.3) is 11.0 Å². The number of hydrogen-bond acceptors (Lipinski definition) is 7. The van der Waals surface area contributed by atoms with E-state index in [0.717, 1.165) is 55.1 Å². The highest BCUT2D eigenvalue weighted by Gasteiger charge is 2.20. The van der Waals surface area contributed by atoms with Crippen molar-refractivity contribution in [3.05, 3.63) is 59.8 Å². The molecule has 0 spiro atoms. The quantitative estimate of drug-likeness (QED) is 0.360. The molecule has 4 N–H and O–H groups in total. The van der Waals surface area contributed by atoms with Crippen LogP contribution in [0.2, 0.25) is 0 Å². The molecule has 4 heterocycles. The van der Waals surface area contributed by atoms with Gasteiger partial charge in [-0.3, -0.25) is 14.8 Å². The summed E-state index contributed by atoms with van der Waals surface area (Å²) in [5.74, 6) is 0.307. The van der Waals surface area contributed by atoms with E-state index in [4.69, 9.17) is 0 Å². The Morgan fingerprint density at radius 1 is 1.09 bits per heavy atom. The normalized spacial score (nSPS) is 15.1. The number of amides is 1. The van der Waals surface area contributed by atoms with E-state index in [2.05, 4.69) is 64.8 Å². The highest BCUT2D eigenvalue weighted by atomic mass is 16.2. The number of carbonyl (C=O) groups is 1. The largest absolute Gasteiger partial charge is 0.346 e. The van der Waals surface area contributed by atoms with Gasteiger partial charge in [0.1, 0.15) is 17.8 Å². The molecule has 10 heteroatoms. The number of nitrogens with zero attached hydrogens (tertiary/aromatic N) is 5. The lowest BCUT2D eigenvalue weighted by Crippen LogP contribution is -2.43. The summed E-state index contributed by atoms with van der Waals surface area (Å²) in [5, 5.41) is 14.1. The van der Waals surface area contributed by atoms with E-state index >= 15 is 0 Å². The van der Waals surface area contributed by atoms with E-state index in [9.17, 15) is 4.79 Å². The van der Waals surface area contributed by atoms with E-state index in [1.54, 1.807) is 6.20 Å². The van der Waals surface area contributed by atoms with Crippen molar-refractivity contribution in [2.24, 2.45) is 0 Å². The van der Waals surface area contributed by atoms with Gasteiger partial charge >= 0.3 is 0 Å². The summed E-state index contributed by atoms with van der Waals surface area (Å²) < 4.78 is 0. The van der Waals surface area contributed by atoms with Gasteiger partial charge in [-0.1, -0.05) is 12.1 Å². The predicted octanol–water partition coefficient (Wildman–Crippen LogP) is 2.73. The molecule has 0 radical (unpaired) electrons. The highest BCUT2D eigenvalue weighted by molar-refractivity contribution is 6.07. The van der Waals surface area contributed by atoms with Crippen LogP contribution in [0.1, 0.15) is 21.7 Å². The molecule has 33 heavy (non-hydrogen) atoms. The summed E-state index contributed by atoms with van der Waals surface area (Å²) >= 11 is 0. The Hall–Kier alpha value is -3.76. The van der Waals surface area contributed by atoms with Crippen LogP contribution in [-0.4, -0.2) is 74.1 Å². The van der Waals surface area contributed by atoms with Crippen LogP contribution < -0.4 is 10.6 Å². The molecule has 0 saturated carbocycles. The molecule has 5 rings (SSSR count). The summed E-state index contributed by atoms with van der Waals surface area (Å²) in [6.45, 7) is 7.11. The Kier molecular flexibility index (Phi) is 5.76. The van der Waals surface area contributed by atoms with Gasteiger partial charge in [-0.15, -0.1) is 0 Å². The summed E-state index contributed by atoms with van der Waals surface area (Å²) in [5.41, 5.74) is 4.27. The van der Waals surface area contributed by atoms with Crippen molar-refractivity contribution < 1.29 is 4.79 Å². The van der Waals surface area contributed by atoms with Crippen LogP contribution in [0.15, 0.2) is 42.9 Å². The first kappa shape index (κ1) is 21.1. The van der Waals surface area contributed by atoms with Gasteiger partial charge in [0.2, 0.25) is 0 Å². The molecule has 1 aromatic carbocycles. The topological polar surface area (TPSA) is 118 Å². The zero-order chi connectivity index (χ0) is 22.8. The number of H-pyrrole nitrogens is 2. The SMILES string of the molecule is Cc1[nH]nc(C(=O)Nc2ccc(CN3CCN(C)CC3)cc2)c1Nc1ncnc2[nH]ccc12. The molecule has 1 aliphatic heterocycles. The molecule has 0 atom stereocenters. The fourth-order valence-corrected chi connectivity index (χ4v) is 3.98. The molecule has 0 unspecified atom stereocenters. The standard InChI is InChI=1S/C23H27N9O/c1-15-19(28-22-18-7-8-24-21(18)25-14-26-22)20(30-29-15)23(33)27-17-5-3-16(4-6-17)13-32-11-9-31(2)10-12-32/h3-8,14H,9-13H2,1-2H3,(H,27,33)(H,29,30)(H2,24,25,26,28). The van der Waals surface area contributed by atoms with Crippen molar-refractivity contribution in [2.75, 3.05) is 43.9 Å². The molecular formula is C23H27N9O. The number of carbonyl (C=O) groups excluding carboxylic acids is 1. The van der Waals surface area contributed by atoms with Crippen molar-refractivity contribution in [3.63, 3.8) is 0 Å². The van der Waals surface area contributed by atoms with Crippen LogP contribution in [0.5, 0.6) is 0 Å². The van der Waals surface area contributed by atoms with Gasteiger partial charge in [0, 0.05) is 44.6 Å². The number of aromatic amines is 2. The Bertz CT molecular complexity index is 1250. The molecule has 1 fully saturated rings. The maximum Gasteiger partial charge on any atom is 0.278 e. The highest BCUT2D eigenvalue weighted by Crippen LogP contribution is 2.26. The third-order valence-corrected chi connectivity index (χ3v) is 5.97. The first-order valence-corrected chi connectivity index (χ1v) is 11.0. The molecular weight excluding hydrogens is 418 g/mol. The van der Waals surface area contributed by atoms with Crippen LogP contribution in [0.4, 0.5) is 17.2 Å². The van der Waals surface area contributed by atoms with Gasteiger partial charge in [0.15, 0.2) is 5.69 Å². The van der Waals surface area contributed by atoms with E-state index in [1.807, 2.05) is 25.1 Å². The molecule has 3 aromatic heterocycles. The smallest absolute Gasteiger partial charge is 0.278 e. The van der Waals surface area contributed by atoms with Crippen LogP contribution >= 0.6 is 0 Å². The predicted molar refractivity (Wildman–Crippen MR) is 128 cm³/mol. The summed E-state index contributed by atoms with van der Waals surface area (Å²) in [4.78, 5) is 29.4. The number of hydrogen-bond donors (Lipinski definition) is 4. The molecule has 4 aromatic rings. The second-order valence-corrected chi connectivity index (χ2v) is 8.39. The second-order valence-electron chi connectivity index (χ2n) is 8.39. The maximum atomic E-state index is 13.0. The van der Waals surface area contributed by atoms with E-state index < -0.39 is 0 Å². The zero-order valence-electron chi connectivity index (χ0n) is 18.7. The third-order valence-electron chi connectivity index (χ3n) is 5.97. The molecule has 1 saturated heterocycles. The fraction of sp³-hybridized carbons (Fsp3) is 0.304. The van der Waals surface area contributed by atoms with Crippen molar-refractivity contribution in [1.29, 1.82) is 0 Å². The number of aryl methyl sites for hydroxylation is 1. The van der Waals surface area contributed by atoms with E-state index in [0.29, 0.717) is 11.5 Å². The Morgan fingerprint density at radius 2 is 1.88 bits per heavy atom. The van der Waals surface area contributed by atoms with Crippen molar-refractivity contribution in [1.82, 2.24) is 34.9 Å². The van der Waals surface area contributed by atoms with Crippen LogP contribution in [-0.2, 0) is 6.54 Å². The van der Waals surface area contributed by atoms with Gasteiger partial charge in [-0.25, -0.2) is 9.97 Å². The Labute approximate surface area is 191 Å². The lowest BCUT2D eigenvalue weighted by atomic mass is 10.1. The van der Waals surface area contributed by atoms with Crippen molar-refractivity contribution >= 4 is 34.1 Å². The van der Waals surface area contributed by atoms with Crippen LogP contribution in [0, 0.1) is 6.92 Å². The lowest BCUT2D eigenvalue weighted by molar-refractivity contribution is 0.102. The maximum absolute atomic E-state index is 13.0. The third kappa shape index (κ3) is 4.57. The van der Waals surface area contributed by atoms with Crippen molar-refractivity contribution in [3.8, 4) is 0 Å². The number of anilines is 3. The van der Waals surface area contributed by atoms with Gasteiger partial charge in [-0.2, -0.15) is 5.10 Å². The number of piperazine rings is 1. The number of benzene rings is 1. The summed E-state index contributed by atoms with van der Waals surface area (Å²) in [7, 11) is 2.16. The van der Waals surface area contributed by atoms with Crippen molar-refractivity contribution in [2.45, 2.75) is 13.5 Å². The molecule has 170 valence electrons. The fourth-order valence-electron chi connectivity index (χ4n) is 3.98. The van der Waals surface area contributed by atoms with Gasteiger partial charge < -0.3 is 20.5 Å². The summed E-state index contributed by atoms with van der Waals surface area (Å²) in [6.07, 6.45) is 3.27. The monoisotopic (exact) mass is 445 g/mol. The van der Waals surface area contributed by atoms with Gasteiger partial charge in [-0.05, 0) is 37.7 Å². The number of fused-ring (bicyclic) bond motifs is 1. The van der Waals surface area contributed by atoms with E-state index in [1.165, 1.54) is 11.9 Å². The molecule has 1 aliphatic rings. The molecule has 10 nitrogen and oxygen atoms in total. The average Bonchev–Trinajstić information content (AvgIpc) is 3.44. The van der Waals surface area contributed by atoms with Gasteiger partial charge in [0.25, 0.3) is 5.91 Å².